The second-order valence-electron chi connectivity index (χ2n) is 4.37. The molecule has 16 heavy (non-hydrogen) atoms. The van der Waals surface area contributed by atoms with Crippen molar-refractivity contribution in [3.05, 3.63) is 11.4 Å². The molecule has 6 heteroatoms. The molecule has 1 amide bonds. The van der Waals surface area contributed by atoms with Gasteiger partial charge < -0.3 is 10.2 Å². The number of piperazine rings is 1. The molecule has 1 saturated carbocycles. The first kappa shape index (κ1) is 9.77. The van der Waals surface area contributed by atoms with Gasteiger partial charge in [-0.25, -0.2) is 0 Å². The van der Waals surface area contributed by atoms with Crippen LogP contribution in [0.3, 0.4) is 0 Å². The summed E-state index contributed by atoms with van der Waals surface area (Å²) < 4.78 is 0. The van der Waals surface area contributed by atoms with Crippen molar-refractivity contribution in [1.29, 1.82) is 0 Å². The van der Waals surface area contributed by atoms with Gasteiger partial charge in [-0.2, -0.15) is 15.4 Å². The molecule has 1 saturated heterocycles. The average Bonchev–Trinajstić information content (AvgIpc) is 3.07. The molecule has 2 N–H and O–H groups in total. The summed E-state index contributed by atoms with van der Waals surface area (Å²) in [4.78, 5) is 14.0. The van der Waals surface area contributed by atoms with Gasteiger partial charge in [0.05, 0.1) is 5.69 Å². The van der Waals surface area contributed by atoms with Crippen LogP contribution in [0.2, 0.25) is 0 Å². The number of carbonyl (C=O) groups excluding carboxylic acids is 1. The number of hydrogen-bond acceptors (Lipinski definition) is 4. The summed E-state index contributed by atoms with van der Waals surface area (Å²) >= 11 is 0. The third kappa shape index (κ3) is 1.69. The lowest BCUT2D eigenvalue weighted by molar-refractivity contribution is 0.0728. The Balaban J connectivity index is 1.79. The van der Waals surface area contributed by atoms with E-state index in [0.717, 1.165) is 44.7 Å². The zero-order chi connectivity index (χ0) is 11.0. The maximum Gasteiger partial charge on any atom is 0.276 e. The second-order valence-corrected chi connectivity index (χ2v) is 4.37. The lowest BCUT2D eigenvalue weighted by Gasteiger charge is -2.26. The van der Waals surface area contributed by atoms with Crippen molar-refractivity contribution < 1.29 is 4.79 Å². The third-order valence-corrected chi connectivity index (χ3v) is 3.15. The average molecular weight is 221 g/mol. The van der Waals surface area contributed by atoms with Crippen LogP contribution in [0.4, 0.5) is 0 Å². The molecule has 0 aromatic carbocycles. The minimum Gasteiger partial charge on any atom is -0.335 e. The molecule has 0 bridgehead atoms. The molecule has 1 aliphatic carbocycles. The van der Waals surface area contributed by atoms with Gasteiger partial charge >= 0.3 is 0 Å². The molecular weight excluding hydrogens is 206 g/mol. The molecular formula is C10H15N5O. The first-order chi connectivity index (χ1) is 7.86. The lowest BCUT2D eigenvalue weighted by Crippen LogP contribution is -2.46. The monoisotopic (exact) mass is 221 g/mol. The Labute approximate surface area is 93.4 Å². The number of nitrogens with one attached hydrogen (secondary N) is 2. The number of aromatic amines is 1. The molecule has 0 radical (unpaired) electrons. The van der Waals surface area contributed by atoms with Crippen LogP contribution in [0, 0.1) is 0 Å². The molecule has 1 aliphatic heterocycles. The van der Waals surface area contributed by atoms with Gasteiger partial charge in [0.1, 0.15) is 0 Å². The molecule has 1 aromatic rings. The summed E-state index contributed by atoms with van der Waals surface area (Å²) in [6.07, 6.45) is 2.27. The highest BCUT2D eigenvalue weighted by Crippen LogP contribution is 2.40. The fourth-order valence-electron chi connectivity index (χ4n) is 2.06. The van der Waals surface area contributed by atoms with Crippen molar-refractivity contribution in [2.75, 3.05) is 26.2 Å². The van der Waals surface area contributed by atoms with E-state index in [1.165, 1.54) is 0 Å². The van der Waals surface area contributed by atoms with E-state index in [-0.39, 0.29) is 5.91 Å². The minimum atomic E-state index is 0.0251. The normalized spacial score (nSPS) is 21.1. The van der Waals surface area contributed by atoms with Crippen LogP contribution in [0.15, 0.2) is 0 Å². The summed E-state index contributed by atoms with van der Waals surface area (Å²) in [6.45, 7) is 3.25. The van der Waals surface area contributed by atoms with Crippen LogP contribution in [-0.4, -0.2) is 52.4 Å². The smallest absolute Gasteiger partial charge is 0.276 e. The third-order valence-electron chi connectivity index (χ3n) is 3.15. The maximum absolute atomic E-state index is 12.2. The number of hydrogen-bond donors (Lipinski definition) is 2. The Morgan fingerprint density at radius 1 is 1.25 bits per heavy atom. The van der Waals surface area contributed by atoms with E-state index < -0.39 is 0 Å². The minimum absolute atomic E-state index is 0.0251. The van der Waals surface area contributed by atoms with Crippen LogP contribution in [0.5, 0.6) is 0 Å². The molecule has 0 spiro atoms. The largest absolute Gasteiger partial charge is 0.335 e. The summed E-state index contributed by atoms with van der Waals surface area (Å²) in [7, 11) is 0. The zero-order valence-electron chi connectivity index (χ0n) is 9.07. The number of nitrogens with zero attached hydrogens (tertiary/aromatic N) is 3. The SMILES string of the molecule is O=C(c1n[nH]nc1C1CC1)N1CCNCC1. The summed E-state index contributed by atoms with van der Waals surface area (Å²) in [5.74, 6) is 0.484. The van der Waals surface area contributed by atoms with Crippen LogP contribution < -0.4 is 5.32 Å². The summed E-state index contributed by atoms with van der Waals surface area (Å²) in [5.41, 5.74) is 1.40. The van der Waals surface area contributed by atoms with Crippen LogP contribution in [0.1, 0.15) is 34.9 Å². The fraction of sp³-hybridized carbons (Fsp3) is 0.700. The van der Waals surface area contributed by atoms with Crippen LogP contribution in [0.25, 0.3) is 0 Å². The van der Waals surface area contributed by atoms with Gasteiger partial charge in [0, 0.05) is 32.1 Å². The molecule has 3 rings (SSSR count). The molecule has 0 atom stereocenters. The predicted octanol–water partition coefficient (Wildman–Crippen LogP) is -0.273. The molecule has 2 heterocycles. The van der Waals surface area contributed by atoms with Crippen molar-refractivity contribution in [2.24, 2.45) is 0 Å². The zero-order valence-corrected chi connectivity index (χ0v) is 9.07. The van der Waals surface area contributed by atoms with E-state index in [2.05, 4.69) is 20.7 Å². The molecule has 1 aromatic heterocycles. The van der Waals surface area contributed by atoms with Gasteiger partial charge in [-0.3, -0.25) is 4.79 Å². The Morgan fingerprint density at radius 3 is 2.69 bits per heavy atom. The molecule has 2 fully saturated rings. The highest BCUT2D eigenvalue weighted by molar-refractivity contribution is 5.93. The quantitative estimate of drug-likeness (QED) is 0.721. The Hall–Kier alpha value is -1.43. The van der Waals surface area contributed by atoms with Gasteiger partial charge in [-0.05, 0) is 12.8 Å². The molecule has 0 unspecified atom stereocenters. The second kappa shape index (κ2) is 3.86. The Bertz CT molecular complexity index is 392. The van der Waals surface area contributed by atoms with Gasteiger partial charge in [0.25, 0.3) is 5.91 Å². The van der Waals surface area contributed by atoms with Gasteiger partial charge in [0.15, 0.2) is 5.69 Å². The van der Waals surface area contributed by atoms with E-state index in [9.17, 15) is 4.79 Å². The topological polar surface area (TPSA) is 73.9 Å². The number of rotatable bonds is 2. The Kier molecular flexibility index (Phi) is 2.36. The van der Waals surface area contributed by atoms with E-state index in [0.29, 0.717) is 11.6 Å². The van der Waals surface area contributed by atoms with E-state index in [1.54, 1.807) is 0 Å². The van der Waals surface area contributed by atoms with Crippen molar-refractivity contribution in [3.8, 4) is 0 Å². The number of carbonyl (C=O) groups is 1. The molecule has 6 nitrogen and oxygen atoms in total. The lowest BCUT2D eigenvalue weighted by atomic mass is 10.2. The molecule has 2 aliphatic rings. The predicted molar refractivity (Wildman–Crippen MR) is 57.1 cm³/mol. The van der Waals surface area contributed by atoms with Crippen molar-refractivity contribution in [1.82, 2.24) is 25.6 Å². The van der Waals surface area contributed by atoms with Crippen LogP contribution >= 0.6 is 0 Å². The first-order valence-corrected chi connectivity index (χ1v) is 5.77. The molecule has 86 valence electrons. The maximum atomic E-state index is 12.2. The number of H-pyrrole nitrogens is 1. The number of aromatic nitrogens is 3. The summed E-state index contributed by atoms with van der Waals surface area (Å²) in [5, 5.41) is 13.9. The van der Waals surface area contributed by atoms with E-state index in [4.69, 9.17) is 0 Å². The van der Waals surface area contributed by atoms with Crippen LogP contribution in [-0.2, 0) is 0 Å². The highest BCUT2D eigenvalue weighted by atomic mass is 16.2. The van der Waals surface area contributed by atoms with E-state index in [1.807, 2.05) is 4.90 Å². The fourth-order valence-corrected chi connectivity index (χ4v) is 2.06. The van der Waals surface area contributed by atoms with Crippen molar-refractivity contribution in [3.63, 3.8) is 0 Å². The van der Waals surface area contributed by atoms with Crippen molar-refractivity contribution >= 4 is 5.91 Å². The van der Waals surface area contributed by atoms with Gasteiger partial charge in [-0.1, -0.05) is 0 Å². The Morgan fingerprint density at radius 2 is 2.00 bits per heavy atom. The van der Waals surface area contributed by atoms with Crippen molar-refractivity contribution in [2.45, 2.75) is 18.8 Å². The summed E-state index contributed by atoms with van der Waals surface area (Å²) in [6, 6.07) is 0. The van der Waals surface area contributed by atoms with E-state index >= 15 is 0 Å². The first-order valence-electron chi connectivity index (χ1n) is 5.77. The highest BCUT2D eigenvalue weighted by Gasteiger charge is 2.33. The standard InChI is InChI=1S/C10H15N5O/c16-10(15-5-3-11-4-6-15)9-8(7-1-2-7)12-14-13-9/h7,11H,1-6H2,(H,12,13,14). The number of amides is 1. The van der Waals surface area contributed by atoms with Gasteiger partial charge in [0.2, 0.25) is 0 Å². The van der Waals surface area contributed by atoms with Gasteiger partial charge in [-0.15, -0.1) is 0 Å².